The summed E-state index contributed by atoms with van der Waals surface area (Å²) in [5.74, 6) is 0.718. The lowest BCUT2D eigenvalue weighted by Gasteiger charge is -2.16. The highest BCUT2D eigenvalue weighted by Gasteiger charge is 2.18. The van der Waals surface area contributed by atoms with E-state index in [-0.39, 0.29) is 7.33 Å². The van der Waals surface area contributed by atoms with Crippen LogP contribution in [0.4, 0.5) is 11.7 Å². The van der Waals surface area contributed by atoms with Gasteiger partial charge in [-0.3, -0.25) is 4.79 Å². The van der Waals surface area contributed by atoms with Crippen LogP contribution in [0.2, 0.25) is 0 Å². The third-order valence-corrected chi connectivity index (χ3v) is 5.07. The van der Waals surface area contributed by atoms with Crippen molar-refractivity contribution in [3.8, 4) is 5.75 Å². The van der Waals surface area contributed by atoms with E-state index >= 15 is 0 Å². The van der Waals surface area contributed by atoms with Crippen LogP contribution in [0.3, 0.4) is 0 Å². The van der Waals surface area contributed by atoms with Gasteiger partial charge in [0.15, 0.2) is 5.58 Å². The monoisotopic (exact) mass is 381 g/mol. The molecule has 0 unspecified atom stereocenters. The fourth-order valence-corrected chi connectivity index (χ4v) is 3.56. The molecule has 5 rings (SSSR count). The van der Waals surface area contributed by atoms with E-state index in [4.69, 9.17) is 13.9 Å². The zero-order valence-electron chi connectivity index (χ0n) is 15.4. The molecule has 3 heterocycles. The maximum absolute atomic E-state index is 12.7. The lowest BCUT2D eigenvalue weighted by molar-refractivity contribution is 0.102. The van der Waals surface area contributed by atoms with Gasteiger partial charge in [0, 0.05) is 32.2 Å². The van der Waals surface area contributed by atoms with Gasteiger partial charge in [0.05, 0.1) is 6.61 Å². The molecule has 0 bridgehead atoms. The van der Waals surface area contributed by atoms with Crippen molar-refractivity contribution in [2.45, 2.75) is 19.3 Å². The Morgan fingerprint density at radius 2 is 2.11 bits per heavy atom. The number of hydrogen-bond acceptors (Lipinski definition) is 6. The lowest BCUT2D eigenvalue weighted by atomic mass is 10.1. The number of benzene rings is 2. The van der Waals surface area contributed by atoms with Gasteiger partial charge >= 0.3 is 0 Å². The molecule has 2 aromatic carbocycles. The second-order valence-electron chi connectivity index (χ2n) is 7.06. The summed E-state index contributed by atoms with van der Waals surface area (Å²) in [4.78, 5) is 19.2. The van der Waals surface area contributed by atoms with Crippen LogP contribution in [-0.4, -0.2) is 37.4 Å². The minimum absolute atomic E-state index is 0. The molecule has 7 nitrogen and oxygen atoms in total. The van der Waals surface area contributed by atoms with Crippen LogP contribution in [0.5, 0.6) is 5.75 Å². The van der Waals surface area contributed by atoms with Gasteiger partial charge in [-0.1, -0.05) is 0 Å². The van der Waals surface area contributed by atoms with Gasteiger partial charge in [0.2, 0.25) is 0 Å². The smallest absolute Gasteiger partial charge is 0.300 e. The highest BCUT2D eigenvalue weighted by Crippen LogP contribution is 2.28. The molecule has 1 amide bonds. The van der Waals surface area contributed by atoms with Gasteiger partial charge in [-0.15, -0.1) is 0 Å². The maximum Gasteiger partial charge on any atom is 0.300 e. The van der Waals surface area contributed by atoms with Gasteiger partial charge < -0.3 is 24.1 Å². The first-order valence-electron chi connectivity index (χ1n) is 9.57. The van der Waals surface area contributed by atoms with Crippen molar-refractivity contribution in [3.05, 3.63) is 47.5 Å². The Bertz CT molecular complexity index is 1030. The van der Waals surface area contributed by atoms with E-state index in [1.54, 1.807) is 18.2 Å². The van der Waals surface area contributed by atoms with Gasteiger partial charge in [-0.2, -0.15) is 4.98 Å². The standard InChI is InChI=1S/C21H21N3O4.H2/c25-20(22-16-4-6-18-14(11-16)7-10-27-18)15-3-5-19-17(12-15)23-21(28-19)24-8-1-2-9-26-13-24;/h3-6,11-12H,1-2,7-10,13H2,(H,22,25);1H. The van der Waals surface area contributed by atoms with Crippen LogP contribution in [0.25, 0.3) is 11.1 Å². The average molecular weight is 381 g/mol. The quantitative estimate of drug-likeness (QED) is 0.743. The second kappa shape index (κ2) is 7.16. The predicted molar refractivity (Wildman–Crippen MR) is 107 cm³/mol. The molecular formula is C21H23N3O4. The number of ether oxygens (including phenoxy) is 2. The Kier molecular flexibility index (Phi) is 4.37. The molecule has 1 N–H and O–H groups in total. The van der Waals surface area contributed by atoms with Crippen LogP contribution in [0.15, 0.2) is 40.8 Å². The zero-order valence-corrected chi connectivity index (χ0v) is 15.4. The molecule has 1 fully saturated rings. The Morgan fingerprint density at radius 1 is 1.14 bits per heavy atom. The van der Waals surface area contributed by atoms with Crippen molar-refractivity contribution in [1.29, 1.82) is 0 Å². The van der Waals surface area contributed by atoms with Crippen LogP contribution >= 0.6 is 0 Å². The van der Waals surface area contributed by atoms with Crippen LogP contribution < -0.4 is 15.0 Å². The molecule has 28 heavy (non-hydrogen) atoms. The molecule has 1 saturated heterocycles. The maximum atomic E-state index is 12.7. The Balaban J connectivity index is 0.00000205. The fraction of sp³-hybridized carbons (Fsp3) is 0.333. The summed E-state index contributed by atoms with van der Waals surface area (Å²) in [7, 11) is 0. The van der Waals surface area contributed by atoms with Gasteiger partial charge in [0.1, 0.15) is 18.0 Å². The number of fused-ring (bicyclic) bond motifs is 2. The van der Waals surface area contributed by atoms with Gasteiger partial charge in [0.25, 0.3) is 11.9 Å². The van der Waals surface area contributed by atoms with E-state index < -0.39 is 0 Å². The summed E-state index contributed by atoms with van der Waals surface area (Å²) in [6, 6.07) is 11.5. The van der Waals surface area contributed by atoms with Crippen LogP contribution in [0, 0.1) is 0 Å². The first kappa shape index (κ1) is 17.1. The number of oxazole rings is 1. The highest BCUT2D eigenvalue weighted by molar-refractivity contribution is 6.06. The second-order valence-corrected chi connectivity index (χ2v) is 7.06. The minimum atomic E-state index is -0.177. The van der Waals surface area contributed by atoms with E-state index in [0.29, 0.717) is 36.0 Å². The summed E-state index contributed by atoms with van der Waals surface area (Å²) in [6.07, 6.45) is 2.95. The molecule has 0 radical (unpaired) electrons. The van der Waals surface area contributed by atoms with Crippen molar-refractivity contribution >= 4 is 28.7 Å². The molecule has 0 spiro atoms. The van der Waals surface area contributed by atoms with E-state index in [2.05, 4.69) is 10.3 Å². The summed E-state index contributed by atoms with van der Waals surface area (Å²) >= 11 is 0. The van der Waals surface area contributed by atoms with E-state index in [9.17, 15) is 4.79 Å². The third-order valence-electron chi connectivity index (χ3n) is 5.07. The SMILES string of the molecule is O=C(Nc1ccc2c(c1)CCO2)c1ccc2oc(N3CCCCOC3)nc2c1.[HH]. The van der Waals surface area contributed by atoms with Crippen molar-refractivity contribution < 1.29 is 20.1 Å². The molecule has 146 valence electrons. The topological polar surface area (TPSA) is 76.8 Å². The first-order chi connectivity index (χ1) is 13.8. The highest BCUT2D eigenvalue weighted by atomic mass is 16.5. The molecule has 7 heteroatoms. The summed E-state index contributed by atoms with van der Waals surface area (Å²) < 4.78 is 16.9. The molecule has 1 aromatic heterocycles. The predicted octanol–water partition coefficient (Wildman–Crippen LogP) is 3.84. The summed E-state index contributed by atoms with van der Waals surface area (Å²) in [5, 5.41) is 2.95. The lowest BCUT2D eigenvalue weighted by Crippen LogP contribution is -2.25. The number of aromatic nitrogens is 1. The number of hydrogen-bond donors (Lipinski definition) is 1. The molecule has 0 atom stereocenters. The number of rotatable bonds is 3. The molecule has 2 aliphatic rings. The Morgan fingerprint density at radius 3 is 3.07 bits per heavy atom. The van der Waals surface area contributed by atoms with Crippen molar-refractivity contribution in [3.63, 3.8) is 0 Å². The normalized spacial score (nSPS) is 16.5. The van der Waals surface area contributed by atoms with Crippen molar-refractivity contribution in [1.82, 2.24) is 4.98 Å². The Hall–Kier alpha value is -3.06. The van der Waals surface area contributed by atoms with Gasteiger partial charge in [-0.05, 0) is 54.8 Å². The molecule has 2 aliphatic heterocycles. The summed E-state index contributed by atoms with van der Waals surface area (Å²) in [5.41, 5.74) is 3.74. The van der Waals surface area contributed by atoms with Crippen LogP contribution in [0.1, 0.15) is 30.2 Å². The third kappa shape index (κ3) is 3.29. The molecule has 0 aliphatic carbocycles. The number of amides is 1. The number of anilines is 2. The Labute approximate surface area is 163 Å². The summed E-state index contributed by atoms with van der Waals surface area (Å²) in [6.45, 7) is 2.78. The number of carbonyl (C=O) groups is 1. The van der Waals surface area contributed by atoms with E-state index in [1.807, 2.05) is 23.1 Å². The zero-order chi connectivity index (χ0) is 18.9. The first-order valence-corrected chi connectivity index (χ1v) is 9.57. The number of carbonyl (C=O) groups excluding carboxylic acids is 1. The average Bonchev–Trinajstić information content (AvgIpc) is 3.25. The molecular weight excluding hydrogens is 358 g/mol. The molecule has 0 saturated carbocycles. The number of nitrogens with one attached hydrogen (secondary N) is 1. The van der Waals surface area contributed by atoms with Crippen LogP contribution in [-0.2, 0) is 11.2 Å². The van der Waals surface area contributed by atoms with E-state index in [1.165, 1.54) is 0 Å². The largest absolute Gasteiger partial charge is 0.493 e. The van der Waals surface area contributed by atoms with Crippen molar-refractivity contribution in [2.24, 2.45) is 0 Å². The molecule has 3 aromatic rings. The van der Waals surface area contributed by atoms with Gasteiger partial charge in [-0.25, -0.2) is 0 Å². The van der Waals surface area contributed by atoms with E-state index in [0.717, 1.165) is 49.4 Å². The number of nitrogens with zero attached hydrogens (tertiary/aromatic N) is 2. The van der Waals surface area contributed by atoms with Crippen molar-refractivity contribution in [2.75, 3.05) is 36.7 Å². The fourth-order valence-electron chi connectivity index (χ4n) is 3.56. The minimum Gasteiger partial charge on any atom is -0.493 e.